The molecule has 1 aromatic rings. The van der Waals surface area contributed by atoms with E-state index in [2.05, 4.69) is 41.6 Å². The van der Waals surface area contributed by atoms with Gasteiger partial charge in [-0.05, 0) is 32.4 Å². The molecule has 1 saturated heterocycles. The number of halogens is 1. The predicted molar refractivity (Wildman–Crippen MR) is 79.3 cm³/mol. The number of carboxylic acids is 1. The van der Waals surface area contributed by atoms with Crippen LogP contribution in [0.15, 0.2) is 28.7 Å². The maximum atomic E-state index is 11.5. The van der Waals surface area contributed by atoms with Crippen LogP contribution >= 0.6 is 15.9 Å². The zero-order valence-corrected chi connectivity index (χ0v) is 13.1. The standard InChI is InChI=1S/C15H20BrNO2/c1-15(2,3)17-8-11(12(9-17)14(18)19)10-6-4-5-7-13(10)16/h4-7,11-12H,8-9H2,1-3H3,(H,18,19)/t11-,12+/m0/s1. The molecule has 2 atom stereocenters. The molecule has 1 fully saturated rings. The Hall–Kier alpha value is -0.870. The van der Waals surface area contributed by atoms with Crippen molar-refractivity contribution in [3.8, 4) is 0 Å². The van der Waals surface area contributed by atoms with Crippen LogP contribution in [-0.4, -0.2) is 34.6 Å². The fourth-order valence-corrected chi connectivity index (χ4v) is 3.27. The maximum absolute atomic E-state index is 11.5. The minimum atomic E-state index is -0.701. The molecule has 4 heteroatoms. The van der Waals surface area contributed by atoms with E-state index in [4.69, 9.17) is 0 Å². The summed E-state index contributed by atoms with van der Waals surface area (Å²) in [7, 11) is 0. The number of likely N-dealkylation sites (tertiary alicyclic amines) is 1. The number of rotatable bonds is 2. The second kappa shape index (κ2) is 5.25. The van der Waals surface area contributed by atoms with Crippen LogP contribution in [0.4, 0.5) is 0 Å². The van der Waals surface area contributed by atoms with Crippen LogP contribution in [0.5, 0.6) is 0 Å². The van der Waals surface area contributed by atoms with Gasteiger partial charge in [-0.15, -0.1) is 0 Å². The lowest BCUT2D eigenvalue weighted by molar-refractivity contribution is -0.141. The minimum absolute atomic E-state index is 0.00368. The van der Waals surface area contributed by atoms with E-state index in [0.717, 1.165) is 16.6 Å². The van der Waals surface area contributed by atoms with Gasteiger partial charge in [0.2, 0.25) is 0 Å². The minimum Gasteiger partial charge on any atom is -0.481 e. The lowest BCUT2D eigenvalue weighted by Gasteiger charge is -2.31. The summed E-state index contributed by atoms with van der Waals surface area (Å²) in [5, 5.41) is 9.48. The van der Waals surface area contributed by atoms with Gasteiger partial charge in [0.25, 0.3) is 0 Å². The third kappa shape index (κ3) is 3.00. The van der Waals surface area contributed by atoms with Gasteiger partial charge in [-0.3, -0.25) is 9.69 Å². The largest absolute Gasteiger partial charge is 0.481 e. The van der Waals surface area contributed by atoms with Gasteiger partial charge in [-0.1, -0.05) is 34.1 Å². The summed E-state index contributed by atoms with van der Waals surface area (Å²) in [6.45, 7) is 7.81. The van der Waals surface area contributed by atoms with Crippen molar-refractivity contribution in [2.45, 2.75) is 32.2 Å². The first-order valence-electron chi connectivity index (χ1n) is 6.53. The molecule has 104 valence electrons. The topological polar surface area (TPSA) is 40.5 Å². The molecular weight excluding hydrogens is 306 g/mol. The molecular formula is C15H20BrNO2. The highest BCUT2D eigenvalue weighted by Crippen LogP contribution is 2.38. The molecule has 0 bridgehead atoms. The van der Waals surface area contributed by atoms with Crippen molar-refractivity contribution in [1.82, 2.24) is 4.90 Å². The number of benzene rings is 1. The molecule has 1 heterocycles. The number of carboxylic acid groups (broad SMARTS) is 1. The second-order valence-corrected chi connectivity index (χ2v) is 7.00. The molecule has 0 unspecified atom stereocenters. The third-order valence-electron chi connectivity index (χ3n) is 3.89. The van der Waals surface area contributed by atoms with E-state index in [-0.39, 0.29) is 17.4 Å². The Kier molecular flexibility index (Phi) is 4.02. The van der Waals surface area contributed by atoms with Crippen molar-refractivity contribution in [3.05, 3.63) is 34.3 Å². The first-order valence-corrected chi connectivity index (χ1v) is 7.32. The molecule has 0 spiro atoms. The first-order chi connectivity index (χ1) is 8.80. The summed E-state index contributed by atoms with van der Waals surface area (Å²) >= 11 is 3.54. The summed E-state index contributed by atoms with van der Waals surface area (Å²) in [6, 6.07) is 7.93. The van der Waals surface area contributed by atoms with Crippen molar-refractivity contribution in [1.29, 1.82) is 0 Å². The summed E-state index contributed by atoms with van der Waals surface area (Å²) in [5.41, 5.74) is 1.10. The SMILES string of the molecule is CC(C)(C)N1C[C@@H](C(=O)O)[C@H](c2ccccc2Br)C1. The Morgan fingerprint density at radius 2 is 1.95 bits per heavy atom. The van der Waals surface area contributed by atoms with Crippen molar-refractivity contribution < 1.29 is 9.90 Å². The van der Waals surface area contributed by atoms with E-state index < -0.39 is 5.97 Å². The third-order valence-corrected chi connectivity index (χ3v) is 4.61. The highest BCUT2D eigenvalue weighted by atomic mass is 79.9. The Labute approximate surface area is 122 Å². The molecule has 1 N–H and O–H groups in total. The zero-order valence-electron chi connectivity index (χ0n) is 11.6. The summed E-state index contributed by atoms with van der Waals surface area (Å²) in [5.74, 6) is -0.988. The van der Waals surface area contributed by atoms with E-state index in [1.54, 1.807) is 0 Å². The molecule has 0 radical (unpaired) electrons. The molecule has 2 rings (SSSR count). The van der Waals surface area contributed by atoms with Gasteiger partial charge in [0.05, 0.1) is 5.92 Å². The van der Waals surface area contributed by atoms with Crippen molar-refractivity contribution in [2.75, 3.05) is 13.1 Å². The second-order valence-electron chi connectivity index (χ2n) is 6.15. The van der Waals surface area contributed by atoms with Gasteiger partial charge in [-0.2, -0.15) is 0 Å². The number of aliphatic carboxylic acids is 1. The Balaban J connectivity index is 2.33. The quantitative estimate of drug-likeness (QED) is 0.906. The molecule has 1 aliphatic heterocycles. The average Bonchev–Trinajstić information content (AvgIpc) is 2.74. The summed E-state index contributed by atoms with van der Waals surface area (Å²) in [6.07, 6.45) is 0. The average molecular weight is 326 g/mol. The van der Waals surface area contributed by atoms with Gasteiger partial charge in [0.1, 0.15) is 0 Å². The van der Waals surface area contributed by atoms with Gasteiger partial charge in [-0.25, -0.2) is 0 Å². The van der Waals surface area contributed by atoms with Crippen LogP contribution in [0.2, 0.25) is 0 Å². The molecule has 3 nitrogen and oxygen atoms in total. The Morgan fingerprint density at radius 3 is 2.47 bits per heavy atom. The van der Waals surface area contributed by atoms with E-state index in [9.17, 15) is 9.90 Å². The molecule has 0 saturated carbocycles. The normalized spacial score (nSPS) is 24.6. The molecule has 19 heavy (non-hydrogen) atoms. The van der Waals surface area contributed by atoms with Gasteiger partial charge in [0.15, 0.2) is 0 Å². The lowest BCUT2D eigenvalue weighted by atomic mass is 9.89. The monoisotopic (exact) mass is 325 g/mol. The number of hydrogen-bond acceptors (Lipinski definition) is 2. The van der Waals surface area contributed by atoms with Crippen LogP contribution in [-0.2, 0) is 4.79 Å². The van der Waals surface area contributed by atoms with Crippen LogP contribution in [0.1, 0.15) is 32.3 Å². The molecule has 0 amide bonds. The van der Waals surface area contributed by atoms with Crippen LogP contribution in [0.25, 0.3) is 0 Å². The Bertz CT molecular complexity index is 481. The number of carbonyl (C=O) groups is 1. The first kappa shape index (κ1) is 14.5. The van der Waals surface area contributed by atoms with Gasteiger partial charge in [0, 0.05) is 29.0 Å². The van der Waals surface area contributed by atoms with Gasteiger partial charge >= 0.3 is 5.97 Å². The van der Waals surface area contributed by atoms with E-state index >= 15 is 0 Å². The molecule has 1 aliphatic rings. The van der Waals surface area contributed by atoms with E-state index in [0.29, 0.717) is 6.54 Å². The zero-order chi connectivity index (χ0) is 14.2. The highest BCUT2D eigenvalue weighted by Gasteiger charge is 2.42. The Morgan fingerprint density at radius 1 is 1.32 bits per heavy atom. The highest BCUT2D eigenvalue weighted by molar-refractivity contribution is 9.10. The number of nitrogens with zero attached hydrogens (tertiary/aromatic N) is 1. The van der Waals surface area contributed by atoms with E-state index in [1.165, 1.54) is 0 Å². The fourth-order valence-electron chi connectivity index (χ4n) is 2.69. The molecule has 0 aliphatic carbocycles. The summed E-state index contributed by atoms with van der Waals surface area (Å²) in [4.78, 5) is 13.8. The number of hydrogen-bond donors (Lipinski definition) is 1. The van der Waals surface area contributed by atoms with Crippen molar-refractivity contribution in [3.63, 3.8) is 0 Å². The van der Waals surface area contributed by atoms with Crippen molar-refractivity contribution >= 4 is 21.9 Å². The molecule has 1 aromatic carbocycles. The van der Waals surface area contributed by atoms with Crippen LogP contribution < -0.4 is 0 Å². The predicted octanol–water partition coefficient (Wildman–Crippen LogP) is 3.35. The lowest BCUT2D eigenvalue weighted by Crippen LogP contribution is -2.40. The smallest absolute Gasteiger partial charge is 0.308 e. The van der Waals surface area contributed by atoms with E-state index in [1.807, 2.05) is 24.3 Å². The summed E-state index contributed by atoms with van der Waals surface area (Å²) < 4.78 is 1.00. The van der Waals surface area contributed by atoms with Crippen LogP contribution in [0, 0.1) is 5.92 Å². The molecule has 0 aromatic heterocycles. The van der Waals surface area contributed by atoms with Gasteiger partial charge < -0.3 is 5.11 Å². The van der Waals surface area contributed by atoms with Crippen molar-refractivity contribution in [2.24, 2.45) is 5.92 Å². The van der Waals surface area contributed by atoms with Crippen LogP contribution in [0.3, 0.4) is 0 Å². The maximum Gasteiger partial charge on any atom is 0.308 e. The fraction of sp³-hybridized carbons (Fsp3) is 0.533.